The van der Waals surface area contributed by atoms with E-state index in [0.717, 1.165) is 37.3 Å². The van der Waals surface area contributed by atoms with Crippen molar-refractivity contribution in [2.24, 2.45) is 5.92 Å². The van der Waals surface area contributed by atoms with Gasteiger partial charge in [-0.05, 0) is 42.2 Å². The maximum Gasteiger partial charge on any atom is 0.416 e. The van der Waals surface area contributed by atoms with Crippen LogP contribution in [0.4, 0.5) is 13.2 Å². The van der Waals surface area contributed by atoms with Crippen LogP contribution in [-0.4, -0.2) is 22.6 Å². The predicted octanol–water partition coefficient (Wildman–Crippen LogP) is 4.96. The third-order valence-electron chi connectivity index (χ3n) is 4.51. The summed E-state index contributed by atoms with van der Waals surface area (Å²) in [4.78, 5) is 2.39. The van der Waals surface area contributed by atoms with Crippen LogP contribution in [0.2, 0.25) is 0 Å². The number of rotatable bonds is 3. The number of aryl methyl sites for hydroxylation is 1. The number of halogens is 3. The van der Waals surface area contributed by atoms with Gasteiger partial charge in [0, 0.05) is 31.5 Å². The van der Waals surface area contributed by atoms with Crippen molar-refractivity contribution in [2.75, 3.05) is 13.1 Å². The summed E-state index contributed by atoms with van der Waals surface area (Å²) in [6.07, 6.45) is -1.18. The summed E-state index contributed by atoms with van der Waals surface area (Å²) in [5.74, 6) is 0.503. The molecule has 2 heterocycles. The van der Waals surface area contributed by atoms with Crippen LogP contribution in [0.15, 0.2) is 42.6 Å². The molecule has 0 aliphatic carbocycles. The number of benzene rings is 1. The second-order valence-corrected chi connectivity index (χ2v) is 6.89. The molecule has 1 aromatic heterocycles. The van der Waals surface area contributed by atoms with Gasteiger partial charge in [0.25, 0.3) is 0 Å². The van der Waals surface area contributed by atoms with Crippen molar-refractivity contribution in [3.05, 3.63) is 59.4 Å². The van der Waals surface area contributed by atoms with Crippen LogP contribution in [0.1, 0.15) is 43.1 Å². The van der Waals surface area contributed by atoms with E-state index < -0.39 is 11.7 Å². The maximum absolute atomic E-state index is 12.9. The minimum atomic E-state index is -4.29. The van der Waals surface area contributed by atoms with Gasteiger partial charge in [0.15, 0.2) is 0 Å². The Bertz CT molecular complexity index is 671. The average molecular weight is 336 g/mol. The fourth-order valence-electron chi connectivity index (χ4n) is 3.54. The molecule has 1 aliphatic rings. The van der Waals surface area contributed by atoms with Crippen molar-refractivity contribution in [2.45, 2.75) is 39.0 Å². The van der Waals surface area contributed by atoms with Gasteiger partial charge in [-0.15, -0.1) is 0 Å². The van der Waals surface area contributed by atoms with Crippen LogP contribution in [0.25, 0.3) is 0 Å². The number of fused-ring (bicyclic) bond motifs is 1. The van der Waals surface area contributed by atoms with Crippen molar-refractivity contribution in [3.8, 4) is 0 Å². The van der Waals surface area contributed by atoms with Crippen LogP contribution in [0.3, 0.4) is 0 Å². The summed E-state index contributed by atoms with van der Waals surface area (Å²) in [7, 11) is 0. The molecule has 0 fully saturated rings. The lowest BCUT2D eigenvalue weighted by atomic mass is 9.99. The molecule has 1 atom stereocenters. The fraction of sp³-hybridized carbons (Fsp3) is 0.474. The SMILES string of the molecule is CC(C)CN1CCCn2cccc2C1c1ccc(C(F)(F)F)cc1. The smallest absolute Gasteiger partial charge is 0.350 e. The van der Waals surface area contributed by atoms with Crippen LogP contribution in [-0.2, 0) is 12.7 Å². The van der Waals surface area contributed by atoms with Gasteiger partial charge in [0.05, 0.1) is 11.6 Å². The Hall–Kier alpha value is -1.75. The van der Waals surface area contributed by atoms with E-state index in [2.05, 4.69) is 35.6 Å². The second-order valence-electron chi connectivity index (χ2n) is 6.89. The Labute approximate surface area is 140 Å². The highest BCUT2D eigenvalue weighted by Gasteiger charge is 2.32. The molecule has 1 aromatic carbocycles. The Morgan fingerprint density at radius 1 is 1.08 bits per heavy atom. The number of hydrogen-bond acceptors (Lipinski definition) is 1. The number of aromatic nitrogens is 1. The zero-order valence-electron chi connectivity index (χ0n) is 14.1. The van der Waals surface area contributed by atoms with Crippen LogP contribution in [0, 0.1) is 5.92 Å². The summed E-state index contributed by atoms with van der Waals surface area (Å²) < 4.78 is 40.8. The van der Waals surface area contributed by atoms with Crippen molar-refractivity contribution < 1.29 is 13.2 Å². The summed E-state index contributed by atoms with van der Waals surface area (Å²) >= 11 is 0. The van der Waals surface area contributed by atoms with Gasteiger partial charge in [-0.1, -0.05) is 26.0 Å². The monoisotopic (exact) mass is 336 g/mol. The van der Waals surface area contributed by atoms with Gasteiger partial charge in [0.2, 0.25) is 0 Å². The molecule has 0 bridgehead atoms. The summed E-state index contributed by atoms with van der Waals surface area (Å²) in [6, 6.07) is 9.76. The highest BCUT2D eigenvalue weighted by atomic mass is 19.4. The molecule has 0 saturated carbocycles. The lowest BCUT2D eigenvalue weighted by Crippen LogP contribution is -2.33. The molecule has 0 saturated heterocycles. The van der Waals surface area contributed by atoms with Crippen LogP contribution >= 0.6 is 0 Å². The minimum Gasteiger partial charge on any atom is -0.350 e. The topological polar surface area (TPSA) is 8.17 Å². The summed E-state index contributed by atoms with van der Waals surface area (Å²) in [6.45, 7) is 7.18. The first-order valence-corrected chi connectivity index (χ1v) is 8.42. The van der Waals surface area contributed by atoms with E-state index in [1.807, 2.05) is 6.07 Å². The maximum atomic E-state index is 12.9. The van der Waals surface area contributed by atoms with Gasteiger partial charge in [-0.25, -0.2) is 0 Å². The first-order valence-electron chi connectivity index (χ1n) is 8.42. The number of nitrogens with zero attached hydrogens (tertiary/aromatic N) is 2. The normalized spacial score (nSPS) is 19.3. The molecule has 0 N–H and O–H groups in total. The lowest BCUT2D eigenvalue weighted by Gasteiger charge is -2.32. The highest BCUT2D eigenvalue weighted by Crippen LogP contribution is 2.35. The second kappa shape index (κ2) is 6.63. The molecule has 2 aromatic rings. The van der Waals surface area contributed by atoms with E-state index in [-0.39, 0.29) is 6.04 Å². The van der Waals surface area contributed by atoms with Gasteiger partial charge in [0.1, 0.15) is 0 Å². The summed E-state index contributed by atoms with van der Waals surface area (Å²) in [5.41, 5.74) is 1.49. The number of alkyl halides is 3. The molecule has 1 unspecified atom stereocenters. The predicted molar refractivity (Wildman–Crippen MR) is 88.7 cm³/mol. The molecular formula is C19H23F3N2. The zero-order chi connectivity index (χ0) is 17.3. The van der Waals surface area contributed by atoms with E-state index in [1.165, 1.54) is 12.1 Å². The van der Waals surface area contributed by atoms with Crippen LogP contribution < -0.4 is 0 Å². The van der Waals surface area contributed by atoms with Gasteiger partial charge in [-0.3, -0.25) is 4.90 Å². The molecule has 1 aliphatic heterocycles. The van der Waals surface area contributed by atoms with E-state index in [1.54, 1.807) is 12.1 Å². The zero-order valence-corrected chi connectivity index (χ0v) is 14.1. The largest absolute Gasteiger partial charge is 0.416 e. The third kappa shape index (κ3) is 3.51. The minimum absolute atomic E-state index is 0.00665. The first-order chi connectivity index (χ1) is 11.4. The summed E-state index contributed by atoms with van der Waals surface area (Å²) in [5, 5.41) is 0. The van der Waals surface area contributed by atoms with Crippen molar-refractivity contribution in [1.29, 1.82) is 0 Å². The van der Waals surface area contributed by atoms with Crippen molar-refractivity contribution in [3.63, 3.8) is 0 Å². The number of hydrogen-bond donors (Lipinski definition) is 0. The highest BCUT2D eigenvalue weighted by molar-refractivity contribution is 5.33. The Morgan fingerprint density at radius 3 is 2.42 bits per heavy atom. The first kappa shape index (κ1) is 17.1. The Kier molecular flexibility index (Phi) is 4.72. The molecular weight excluding hydrogens is 313 g/mol. The lowest BCUT2D eigenvalue weighted by molar-refractivity contribution is -0.137. The average Bonchev–Trinajstić information content (AvgIpc) is 2.88. The van der Waals surface area contributed by atoms with E-state index in [4.69, 9.17) is 0 Å². The molecule has 3 rings (SSSR count). The molecule has 2 nitrogen and oxygen atoms in total. The van der Waals surface area contributed by atoms with E-state index >= 15 is 0 Å². The third-order valence-corrected chi connectivity index (χ3v) is 4.51. The Balaban J connectivity index is 2.00. The fourth-order valence-corrected chi connectivity index (χ4v) is 3.54. The van der Waals surface area contributed by atoms with Gasteiger partial charge < -0.3 is 4.57 Å². The molecule has 130 valence electrons. The quantitative estimate of drug-likeness (QED) is 0.769. The van der Waals surface area contributed by atoms with Gasteiger partial charge >= 0.3 is 6.18 Å². The molecule has 0 amide bonds. The van der Waals surface area contributed by atoms with Crippen molar-refractivity contribution >= 4 is 0 Å². The molecule has 24 heavy (non-hydrogen) atoms. The standard InChI is InChI=1S/C19H23F3N2/c1-14(2)13-24-12-4-11-23-10-3-5-17(23)18(24)15-6-8-16(9-7-15)19(20,21)22/h3,5-10,14,18H,4,11-13H2,1-2H3. The van der Waals surface area contributed by atoms with Crippen molar-refractivity contribution in [1.82, 2.24) is 9.47 Å². The van der Waals surface area contributed by atoms with E-state index in [9.17, 15) is 13.2 Å². The van der Waals surface area contributed by atoms with Gasteiger partial charge in [-0.2, -0.15) is 13.2 Å². The van der Waals surface area contributed by atoms with Crippen LogP contribution in [0.5, 0.6) is 0 Å². The molecule has 0 spiro atoms. The van der Waals surface area contributed by atoms with E-state index in [0.29, 0.717) is 5.92 Å². The molecule has 0 radical (unpaired) electrons. The Morgan fingerprint density at radius 2 is 1.79 bits per heavy atom. The molecule has 5 heteroatoms.